The van der Waals surface area contributed by atoms with Crippen LogP contribution in [0.2, 0.25) is 0 Å². The molecular formula is C9H12N4O3. The van der Waals surface area contributed by atoms with E-state index in [4.69, 9.17) is 4.52 Å². The highest BCUT2D eigenvalue weighted by atomic mass is 16.5. The molecule has 0 aliphatic carbocycles. The summed E-state index contributed by atoms with van der Waals surface area (Å²) >= 11 is 0. The summed E-state index contributed by atoms with van der Waals surface area (Å²) < 4.78 is 4.83. The van der Waals surface area contributed by atoms with Gasteiger partial charge in [0.25, 0.3) is 0 Å². The van der Waals surface area contributed by atoms with Crippen LogP contribution in [0.5, 0.6) is 0 Å². The second-order valence-electron chi connectivity index (χ2n) is 3.49. The van der Waals surface area contributed by atoms with Gasteiger partial charge < -0.3 is 14.7 Å². The maximum absolute atomic E-state index is 11.6. The third-order valence-corrected chi connectivity index (χ3v) is 2.40. The molecule has 1 aromatic rings. The molecule has 0 radical (unpaired) electrons. The molecule has 1 aliphatic heterocycles. The monoisotopic (exact) mass is 224 g/mol. The molecule has 0 bridgehead atoms. The molecule has 2 amide bonds. The topological polar surface area (TPSA) is 88.3 Å². The number of nitrogens with zero attached hydrogens (tertiary/aromatic N) is 3. The van der Waals surface area contributed by atoms with E-state index in [0.29, 0.717) is 31.8 Å². The maximum Gasteiger partial charge on any atom is 0.241 e. The molecule has 1 N–H and O–H groups in total. The van der Waals surface area contributed by atoms with Gasteiger partial charge in [-0.05, 0) is 0 Å². The average molecular weight is 224 g/mol. The van der Waals surface area contributed by atoms with Crippen molar-refractivity contribution in [3.63, 3.8) is 0 Å². The van der Waals surface area contributed by atoms with Crippen LogP contribution >= 0.6 is 0 Å². The van der Waals surface area contributed by atoms with Gasteiger partial charge in [0, 0.05) is 25.9 Å². The SMILES string of the molecule is O=C1CCN(CCc2ncno2)C(=O)CN1. The van der Waals surface area contributed by atoms with Crippen LogP contribution in [-0.2, 0) is 16.0 Å². The second-order valence-corrected chi connectivity index (χ2v) is 3.49. The van der Waals surface area contributed by atoms with Crippen LogP contribution in [0.1, 0.15) is 12.3 Å². The Morgan fingerprint density at radius 1 is 1.50 bits per heavy atom. The first-order valence-corrected chi connectivity index (χ1v) is 5.06. The van der Waals surface area contributed by atoms with E-state index in [1.807, 2.05) is 0 Å². The lowest BCUT2D eigenvalue weighted by Gasteiger charge is -2.18. The van der Waals surface area contributed by atoms with Crippen molar-refractivity contribution >= 4 is 11.8 Å². The molecule has 0 unspecified atom stereocenters. The Morgan fingerprint density at radius 2 is 2.38 bits per heavy atom. The molecule has 16 heavy (non-hydrogen) atoms. The summed E-state index contributed by atoms with van der Waals surface area (Å²) in [6.45, 7) is 1.01. The molecule has 2 heterocycles. The van der Waals surface area contributed by atoms with Crippen LogP contribution in [0.3, 0.4) is 0 Å². The molecular weight excluding hydrogens is 212 g/mol. The lowest BCUT2D eigenvalue weighted by molar-refractivity contribution is -0.130. The van der Waals surface area contributed by atoms with Gasteiger partial charge in [0.2, 0.25) is 17.7 Å². The summed E-state index contributed by atoms with van der Waals surface area (Å²) in [6, 6.07) is 0. The van der Waals surface area contributed by atoms with E-state index in [-0.39, 0.29) is 18.4 Å². The standard InChI is InChI=1S/C9H12N4O3/c14-7-1-3-13(9(15)5-10-7)4-2-8-11-6-12-16-8/h6H,1-5H2,(H,10,14). The molecule has 1 aliphatic rings. The van der Waals surface area contributed by atoms with Crippen LogP contribution in [0.25, 0.3) is 0 Å². The van der Waals surface area contributed by atoms with Gasteiger partial charge in [0.05, 0.1) is 6.54 Å². The van der Waals surface area contributed by atoms with E-state index in [9.17, 15) is 9.59 Å². The van der Waals surface area contributed by atoms with Gasteiger partial charge in [0.15, 0.2) is 6.33 Å². The molecule has 7 nitrogen and oxygen atoms in total. The number of aromatic nitrogens is 2. The van der Waals surface area contributed by atoms with E-state index < -0.39 is 0 Å². The molecule has 0 spiro atoms. The normalized spacial score (nSPS) is 17.1. The number of hydrogen-bond acceptors (Lipinski definition) is 5. The zero-order chi connectivity index (χ0) is 11.4. The highest BCUT2D eigenvalue weighted by Crippen LogP contribution is 2.01. The quantitative estimate of drug-likeness (QED) is 0.708. The van der Waals surface area contributed by atoms with Crippen molar-refractivity contribution in [2.75, 3.05) is 19.6 Å². The number of amides is 2. The first kappa shape index (κ1) is 10.6. The van der Waals surface area contributed by atoms with E-state index in [1.54, 1.807) is 4.90 Å². The lowest BCUT2D eigenvalue weighted by atomic mass is 10.3. The Hall–Kier alpha value is -1.92. The first-order chi connectivity index (χ1) is 7.75. The van der Waals surface area contributed by atoms with Gasteiger partial charge in [-0.2, -0.15) is 4.98 Å². The Bertz CT molecular complexity index is 376. The largest absolute Gasteiger partial charge is 0.347 e. The van der Waals surface area contributed by atoms with E-state index in [2.05, 4.69) is 15.5 Å². The minimum Gasteiger partial charge on any atom is -0.347 e. The fraction of sp³-hybridized carbons (Fsp3) is 0.556. The number of hydrogen-bond donors (Lipinski definition) is 1. The Balaban J connectivity index is 1.88. The van der Waals surface area contributed by atoms with E-state index in [0.717, 1.165) is 0 Å². The second kappa shape index (κ2) is 4.73. The predicted molar refractivity (Wildman–Crippen MR) is 52.2 cm³/mol. The third kappa shape index (κ3) is 2.56. The maximum atomic E-state index is 11.6. The molecule has 0 saturated carbocycles. The fourth-order valence-corrected chi connectivity index (χ4v) is 1.51. The van der Waals surface area contributed by atoms with Crippen LogP contribution < -0.4 is 5.32 Å². The minimum atomic E-state index is -0.0892. The van der Waals surface area contributed by atoms with Crippen LogP contribution in [0.15, 0.2) is 10.9 Å². The fourth-order valence-electron chi connectivity index (χ4n) is 1.51. The first-order valence-electron chi connectivity index (χ1n) is 5.06. The van der Waals surface area contributed by atoms with E-state index >= 15 is 0 Å². The molecule has 0 atom stereocenters. The van der Waals surface area contributed by atoms with Gasteiger partial charge in [-0.25, -0.2) is 0 Å². The van der Waals surface area contributed by atoms with Crippen molar-refractivity contribution in [1.29, 1.82) is 0 Å². The smallest absolute Gasteiger partial charge is 0.241 e. The highest BCUT2D eigenvalue weighted by Gasteiger charge is 2.20. The minimum absolute atomic E-state index is 0.0721. The molecule has 0 aromatic carbocycles. The van der Waals surface area contributed by atoms with Crippen LogP contribution in [0, 0.1) is 0 Å². The third-order valence-electron chi connectivity index (χ3n) is 2.40. The van der Waals surface area contributed by atoms with Crippen LogP contribution in [0.4, 0.5) is 0 Å². The summed E-state index contributed by atoms with van der Waals surface area (Å²) in [5.41, 5.74) is 0. The zero-order valence-electron chi connectivity index (χ0n) is 8.68. The van der Waals surface area contributed by atoms with Crippen LogP contribution in [-0.4, -0.2) is 46.5 Å². The van der Waals surface area contributed by atoms with Crippen molar-refractivity contribution in [2.45, 2.75) is 12.8 Å². The molecule has 2 rings (SSSR count). The number of nitrogens with one attached hydrogen (secondary N) is 1. The zero-order valence-corrected chi connectivity index (χ0v) is 8.68. The van der Waals surface area contributed by atoms with Crippen molar-refractivity contribution in [3.8, 4) is 0 Å². The summed E-state index contributed by atoms with van der Waals surface area (Å²) in [5.74, 6) is 0.329. The summed E-state index contributed by atoms with van der Waals surface area (Å²) in [7, 11) is 0. The average Bonchev–Trinajstić information content (AvgIpc) is 2.73. The lowest BCUT2D eigenvalue weighted by Crippen LogP contribution is -2.36. The van der Waals surface area contributed by atoms with Crippen molar-refractivity contribution in [1.82, 2.24) is 20.4 Å². The highest BCUT2D eigenvalue weighted by molar-refractivity contribution is 5.87. The molecule has 1 fully saturated rings. The summed E-state index contributed by atoms with van der Waals surface area (Å²) in [5, 5.41) is 6.02. The number of carbonyl (C=O) groups excluding carboxylic acids is 2. The summed E-state index contributed by atoms with van der Waals surface area (Å²) in [6.07, 6.45) is 2.18. The molecule has 1 saturated heterocycles. The van der Waals surface area contributed by atoms with Gasteiger partial charge in [-0.15, -0.1) is 0 Å². The number of carbonyl (C=O) groups is 2. The predicted octanol–water partition coefficient (Wildman–Crippen LogP) is -1.04. The summed E-state index contributed by atoms with van der Waals surface area (Å²) in [4.78, 5) is 28.1. The molecule has 7 heteroatoms. The number of rotatable bonds is 3. The van der Waals surface area contributed by atoms with Gasteiger partial charge in [-0.3, -0.25) is 9.59 Å². The Morgan fingerprint density at radius 3 is 3.12 bits per heavy atom. The Kier molecular flexibility index (Phi) is 3.13. The Labute approximate surface area is 91.8 Å². The van der Waals surface area contributed by atoms with Crippen molar-refractivity contribution < 1.29 is 14.1 Å². The van der Waals surface area contributed by atoms with Gasteiger partial charge in [0.1, 0.15) is 0 Å². The van der Waals surface area contributed by atoms with Gasteiger partial charge >= 0.3 is 0 Å². The van der Waals surface area contributed by atoms with Gasteiger partial charge in [-0.1, -0.05) is 5.16 Å². The van der Waals surface area contributed by atoms with Crippen molar-refractivity contribution in [3.05, 3.63) is 12.2 Å². The molecule has 1 aromatic heterocycles. The van der Waals surface area contributed by atoms with Crippen molar-refractivity contribution in [2.24, 2.45) is 0 Å². The van der Waals surface area contributed by atoms with E-state index in [1.165, 1.54) is 6.33 Å². The molecule has 86 valence electrons.